The molecular weight excluding hydrogens is 586 g/mol. The molecule has 0 aliphatic carbocycles. The zero-order valence-corrected chi connectivity index (χ0v) is 20.5. The van der Waals surface area contributed by atoms with E-state index in [1.165, 1.54) is 5.30 Å². The number of benzene rings is 2. The molecule has 4 rings (SSSR count). The van der Waals surface area contributed by atoms with Crippen molar-refractivity contribution in [1.82, 2.24) is 9.97 Å². The molecule has 0 saturated heterocycles. The molecule has 4 nitrogen and oxygen atoms in total. The number of pyridine rings is 2. The van der Waals surface area contributed by atoms with Crippen LogP contribution in [-0.2, 0) is 26.2 Å². The standard InChI is InChI=1S/C25H22N2O2P.Pt/c1-25(2,30-21-12-4-3-5-13-21)22-14-9-16-24(27-22)29-20-11-8-10-19(18-20)28-23-15-6-7-17-26-23;/h3-17,30H,1-2H3;/q-1;. The maximum Gasteiger partial charge on any atom is 0.216 e. The predicted molar refractivity (Wildman–Crippen MR) is 121 cm³/mol. The van der Waals surface area contributed by atoms with Gasteiger partial charge in [-0.2, -0.15) is 6.07 Å². The van der Waals surface area contributed by atoms with Crippen molar-refractivity contribution in [1.29, 1.82) is 0 Å². The van der Waals surface area contributed by atoms with Gasteiger partial charge in [0.2, 0.25) is 11.8 Å². The van der Waals surface area contributed by atoms with Crippen molar-refractivity contribution in [3.8, 4) is 23.3 Å². The Kier molecular flexibility index (Phi) is 7.96. The number of aromatic nitrogens is 2. The minimum absolute atomic E-state index is 0. The molecular formula is C25H22N2O2PPt-. The molecule has 0 spiro atoms. The number of nitrogens with zero attached hydrogens (tertiary/aromatic N) is 2. The quantitative estimate of drug-likeness (QED) is 0.188. The van der Waals surface area contributed by atoms with Crippen LogP contribution in [0.3, 0.4) is 0 Å². The molecule has 0 aliphatic heterocycles. The summed E-state index contributed by atoms with van der Waals surface area (Å²) in [5.74, 6) is 2.11. The van der Waals surface area contributed by atoms with Gasteiger partial charge < -0.3 is 9.47 Å². The fraction of sp³-hybridized carbons (Fsp3) is 0.120. The van der Waals surface area contributed by atoms with Crippen LogP contribution in [0.15, 0.2) is 91.1 Å². The van der Waals surface area contributed by atoms with E-state index in [4.69, 9.17) is 14.5 Å². The molecule has 0 saturated carbocycles. The molecule has 31 heavy (non-hydrogen) atoms. The molecule has 2 aromatic heterocycles. The van der Waals surface area contributed by atoms with E-state index in [-0.39, 0.29) is 26.2 Å². The molecule has 4 aromatic rings. The smallest absolute Gasteiger partial charge is 0.216 e. The summed E-state index contributed by atoms with van der Waals surface area (Å²) in [6, 6.07) is 30.5. The molecule has 0 radical (unpaired) electrons. The molecule has 0 aliphatic rings. The maximum absolute atomic E-state index is 5.98. The zero-order chi connectivity index (χ0) is 20.8. The van der Waals surface area contributed by atoms with Crippen LogP contribution >= 0.6 is 8.58 Å². The molecule has 1 unspecified atom stereocenters. The van der Waals surface area contributed by atoms with E-state index in [2.05, 4.69) is 49.2 Å². The summed E-state index contributed by atoms with van der Waals surface area (Å²) >= 11 is 0. The van der Waals surface area contributed by atoms with Gasteiger partial charge in [-0.05, 0) is 17.4 Å². The molecule has 2 heterocycles. The first-order valence-electron chi connectivity index (χ1n) is 9.68. The van der Waals surface area contributed by atoms with Gasteiger partial charge in [-0.15, -0.1) is 12.1 Å². The van der Waals surface area contributed by atoms with E-state index in [1.54, 1.807) is 12.3 Å². The summed E-state index contributed by atoms with van der Waals surface area (Å²) < 4.78 is 11.7. The van der Waals surface area contributed by atoms with Gasteiger partial charge in [-0.1, -0.05) is 71.0 Å². The van der Waals surface area contributed by atoms with E-state index >= 15 is 0 Å². The Morgan fingerprint density at radius 3 is 2.10 bits per heavy atom. The predicted octanol–water partition coefficient (Wildman–Crippen LogP) is 6.10. The van der Waals surface area contributed by atoms with E-state index in [0.29, 0.717) is 31.8 Å². The minimum Gasteiger partial charge on any atom is -0.466 e. The summed E-state index contributed by atoms with van der Waals surface area (Å²) in [5.41, 5.74) is 0.989. The maximum atomic E-state index is 5.98. The average molecular weight is 609 g/mol. The van der Waals surface area contributed by atoms with Gasteiger partial charge in [0, 0.05) is 56.0 Å². The van der Waals surface area contributed by atoms with Crippen LogP contribution in [0.25, 0.3) is 0 Å². The zero-order valence-electron chi connectivity index (χ0n) is 17.2. The van der Waals surface area contributed by atoms with Crippen molar-refractivity contribution < 1.29 is 30.5 Å². The molecule has 0 N–H and O–H groups in total. The van der Waals surface area contributed by atoms with Gasteiger partial charge in [0.1, 0.15) is 0 Å². The first-order chi connectivity index (χ1) is 14.6. The number of hydrogen-bond acceptors (Lipinski definition) is 4. The molecule has 6 heteroatoms. The molecule has 0 bridgehead atoms. The monoisotopic (exact) mass is 608 g/mol. The fourth-order valence-corrected chi connectivity index (χ4v) is 4.29. The van der Waals surface area contributed by atoms with E-state index in [1.807, 2.05) is 54.6 Å². The van der Waals surface area contributed by atoms with Crippen molar-refractivity contribution in [2.75, 3.05) is 0 Å². The molecule has 160 valence electrons. The van der Waals surface area contributed by atoms with Gasteiger partial charge in [-0.3, -0.25) is 0 Å². The summed E-state index contributed by atoms with van der Waals surface area (Å²) in [6.07, 6.45) is 1.68. The molecule has 1 atom stereocenters. The second-order valence-corrected chi connectivity index (χ2v) is 9.31. The normalized spacial score (nSPS) is 11.2. The van der Waals surface area contributed by atoms with Gasteiger partial charge in [0.05, 0.1) is 5.69 Å². The summed E-state index contributed by atoms with van der Waals surface area (Å²) in [7, 11) is 0.602. The third-order valence-electron chi connectivity index (χ3n) is 4.40. The first kappa shape index (κ1) is 23.1. The fourth-order valence-electron chi connectivity index (χ4n) is 2.95. The van der Waals surface area contributed by atoms with Crippen molar-refractivity contribution in [3.05, 3.63) is 103 Å². The third-order valence-corrected chi connectivity index (χ3v) is 5.91. The van der Waals surface area contributed by atoms with Gasteiger partial charge >= 0.3 is 0 Å². The van der Waals surface area contributed by atoms with Crippen LogP contribution in [0.4, 0.5) is 0 Å². The van der Waals surface area contributed by atoms with Crippen LogP contribution in [0.1, 0.15) is 19.5 Å². The van der Waals surface area contributed by atoms with Crippen LogP contribution in [0.2, 0.25) is 0 Å². The van der Waals surface area contributed by atoms with Crippen LogP contribution in [-0.4, -0.2) is 9.97 Å². The van der Waals surface area contributed by atoms with Crippen molar-refractivity contribution in [2.45, 2.75) is 19.0 Å². The first-order valence-corrected chi connectivity index (χ1v) is 10.7. The Morgan fingerprint density at radius 2 is 1.39 bits per heavy atom. The van der Waals surface area contributed by atoms with Crippen LogP contribution < -0.4 is 14.8 Å². The number of rotatable bonds is 7. The van der Waals surface area contributed by atoms with Crippen molar-refractivity contribution >= 4 is 13.9 Å². The summed E-state index contributed by atoms with van der Waals surface area (Å²) in [4.78, 5) is 8.93. The topological polar surface area (TPSA) is 44.2 Å². The Hall–Kier alpha value is -2.54. The third kappa shape index (κ3) is 6.47. The van der Waals surface area contributed by atoms with E-state index < -0.39 is 0 Å². The van der Waals surface area contributed by atoms with Crippen molar-refractivity contribution in [3.63, 3.8) is 0 Å². The van der Waals surface area contributed by atoms with Gasteiger partial charge in [-0.25, -0.2) is 9.97 Å². The molecule has 0 fully saturated rings. The Balaban J connectivity index is 0.00000272. The van der Waals surface area contributed by atoms with Crippen LogP contribution in [0, 0.1) is 6.07 Å². The number of ether oxygens (including phenoxy) is 2. The molecule has 2 aromatic carbocycles. The van der Waals surface area contributed by atoms with Crippen LogP contribution in [0.5, 0.6) is 23.3 Å². The average Bonchev–Trinajstić information content (AvgIpc) is 2.75. The Bertz CT molecular complexity index is 1110. The SMILES string of the molecule is CC(C)(Pc1ccccc1)c1cccc(Oc2[c-]c(Oc3ccccn3)ccc2)n1.[Pt]. The Labute approximate surface area is 199 Å². The summed E-state index contributed by atoms with van der Waals surface area (Å²) in [5, 5.41) is 1.21. The summed E-state index contributed by atoms with van der Waals surface area (Å²) in [6.45, 7) is 4.41. The molecule has 0 amide bonds. The van der Waals surface area contributed by atoms with E-state index in [9.17, 15) is 0 Å². The van der Waals surface area contributed by atoms with E-state index in [0.717, 1.165) is 5.69 Å². The Morgan fingerprint density at radius 1 is 0.742 bits per heavy atom. The van der Waals surface area contributed by atoms with Gasteiger partial charge in [0.25, 0.3) is 0 Å². The second-order valence-electron chi connectivity index (χ2n) is 7.23. The number of hydrogen-bond donors (Lipinski definition) is 0. The largest absolute Gasteiger partial charge is 0.466 e. The van der Waals surface area contributed by atoms with Crippen molar-refractivity contribution in [2.24, 2.45) is 0 Å². The minimum atomic E-state index is -0.103. The second kappa shape index (κ2) is 10.7. The van der Waals surface area contributed by atoms with Gasteiger partial charge in [0.15, 0.2) is 0 Å².